The van der Waals surface area contributed by atoms with Crippen LogP contribution in [-0.4, -0.2) is 60.1 Å². The van der Waals surface area contributed by atoms with Crippen molar-refractivity contribution in [2.75, 3.05) is 14.2 Å². The second-order valence-electron chi connectivity index (χ2n) is 10.8. The highest BCUT2D eigenvalue weighted by Crippen LogP contribution is 2.25. The van der Waals surface area contributed by atoms with Gasteiger partial charge >= 0.3 is 0 Å². The summed E-state index contributed by atoms with van der Waals surface area (Å²) < 4.78 is 5.37. The molecule has 7 N–H and O–H groups in total. The molecule has 0 fully saturated rings. The predicted octanol–water partition coefficient (Wildman–Crippen LogP) is 4.05. The summed E-state index contributed by atoms with van der Waals surface area (Å²) in [6.07, 6.45) is 1.92. The van der Waals surface area contributed by atoms with E-state index >= 15 is 0 Å². The molecule has 0 saturated carbocycles. The molecule has 1 aliphatic heterocycles. The Balaban J connectivity index is 0.00000177. The van der Waals surface area contributed by atoms with E-state index in [2.05, 4.69) is 10.6 Å². The summed E-state index contributed by atoms with van der Waals surface area (Å²) >= 11 is 0. The molecule has 1 heterocycles. The summed E-state index contributed by atoms with van der Waals surface area (Å²) in [5, 5.41) is 13.9. The number of amides is 2. The summed E-state index contributed by atoms with van der Waals surface area (Å²) in [4.78, 5) is 39.9. The lowest BCUT2D eigenvalue weighted by Crippen LogP contribution is -2.56. The summed E-state index contributed by atoms with van der Waals surface area (Å²) in [6, 6.07) is 17.6. The van der Waals surface area contributed by atoms with Crippen LogP contribution in [0.5, 0.6) is 5.75 Å². The molecule has 0 radical (unpaired) electrons. The number of rotatable bonds is 11. The molecule has 3 aromatic carbocycles. The minimum atomic E-state index is -0.849. The van der Waals surface area contributed by atoms with Crippen molar-refractivity contribution in [2.24, 2.45) is 11.5 Å². The first kappa shape index (κ1) is 37.5. The van der Waals surface area contributed by atoms with Crippen molar-refractivity contribution >= 4 is 23.3 Å². The molecule has 248 valence electrons. The SMILES string of the molecule is CC.CO.COc1ccc(CN(C(=O)C(N)Cc2c(C)cc(C(N)=O)cc2C)C(C)C2NC=C(c3ccccc3)N2)cc1C(C)=O. The number of nitrogens with one attached hydrogen (secondary N) is 2. The Labute approximate surface area is 272 Å². The number of nitrogens with zero attached hydrogens (tertiary/aromatic N) is 1. The molecule has 10 heteroatoms. The lowest BCUT2D eigenvalue weighted by atomic mass is 9.93. The Bertz CT molecular complexity index is 1500. The Morgan fingerprint density at radius 2 is 1.61 bits per heavy atom. The molecule has 0 aliphatic carbocycles. The number of methoxy groups -OCH3 is 1. The Hall–Kier alpha value is -4.67. The lowest BCUT2D eigenvalue weighted by molar-refractivity contribution is -0.136. The molecule has 3 atom stereocenters. The number of ketones is 1. The van der Waals surface area contributed by atoms with Gasteiger partial charge in [0.05, 0.1) is 30.5 Å². The monoisotopic (exact) mass is 631 g/mol. The first-order chi connectivity index (χ1) is 22.0. The van der Waals surface area contributed by atoms with E-state index in [0.717, 1.165) is 40.6 Å². The van der Waals surface area contributed by atoms with Crippen LogP contribution in [0.2, 0.25) is 0 Å². The maximum absolute atomic E-state index is 14.1. The van der Waals surface area contributed by atoms with Crippen LogP contribution in [0.25, 0.3) is 5.70 Å². The number of primary amides is 1. The number of hydrogen-bond donors (Lipinski definition) is 5. The summed E-state index contributed by atoms with van der Waals surface area (Å²) in [5.74, 6) is -0.387. The van der Waals surface area contributed by atoms with E-state index in [0.29, 0.717) is 23.3 Å². The zero-order valence-corrected chi connectivity index (χ0v) is 28.2. The van der Waals surface area contributed by atoms with Gasteiger partial charge < -0.3 is 36.8 Å². The highest BCUT2D eigenvalue weighted by atomic mass is 16.5. The van der Waals surface area contributed by atoms with E-state index < -0.39 is 11.9 Å². The van der Waals surface area contributed by atoms with Gasteiger partial charge in [-0.1, -0.05) is 50.2 Å². The number of Topliss-reactive ketones (excluding diaryl/α,β-unsaturated/α-hetero) is 1. The molecule has 3 aromatic rings. The van der Waals surface area contributed by atoms with Gasteiger partial charge in [0.1, 0.15) is 11.9 Å². The quantitative estimate of drug-likeness (QED) is 0.198. The van der Waals surface area contributed by atoms with Crippen molar-refractivity contribution in [1.82, 2.24) is 15.5 Å². The summed E-state index contributed by atoms with van der Waals surface area (Å²) in [5.41, 5.74) is 18.3. The number of aryl methyl sites for hydroxylation is 2. The fourth-order valence-electron chi connectivity index (χ4n) is 5.37. The van der Waals surface area contributed by atoms with Gasteiger partial charge in [-0.25, -0.2) is 0 Å². The van der Waals surface area contributed by atoms with Gasteiger partial charge in [0, 0.05) is 25.4 Å². The smallest absolute Gasteiger partial charge is 0.248 e. The van der Waals surface area contributed by atoms with Crippen molar-refractivity contribution in [2.45, 2.75) is 72.8 Å². The van der Waals surface area contributed by atoms with Gasteiger partial charge in [0.25, 0.3) is 0 Å². The molecule has 10 nitrogen and oxygen atoms in total. The molecular weight excluding hydrogens is 582 g/mol. The Morgan fingerprint density at radius 1 is 1.00 bits per heavy atom. The second-order valence-corrected chi connectivity index (χ2v) is 10.8. The fraction of sp³-hybridized carbons (Fsp3) is 0.361. The standard InChI is InChI=1S/C33H39N5O4.C2H6.CH4O/c1-19-13-25(31(35)40)14-20(2)26(19)16-28(34)33(41)38(18-23-11-12-30(42-5)27(15-23)22(4)39)21(3)32-36-17-29(37-32)24-9-7-6-8-10-24;2*1-2/h6-15,17,21,28,32,36-37H,16,18,34H2,1-5H3,(H2,35,40);1-2H3;2H,1H3. The molecule has 3 unspecified atom stereocenters. The van der Waals surface area contributed by atoms with Crippen LogP contribution in [0.15, 0.2) is 66.9 Å². The highest BCUT2D eigenvalue weighted by molar-refractivity contribution is 5.97. The number of carbonyl (C=O) groups is 3. The number of aliphatic hydroxyl groups excluding tert-OH is 1. The third-order valence-corrected chi connectivity index (χ3v) is 7.78. The fourth-order valence-corrected chi connectivity index (χ4v) is 5.37. The molecular formula is C36H49N5O5. The molecule has 0 spiro atoms. The molecule has 4 rings (SSSR count). The molecule has 0 saturated heterocycles. The summed E-state index contributed by atoms with van der Waals surface area (Å²) in [6.45, 7) is 11.5. The van der Waals surface area contributed by atoms with Crippen molar-refractivity contribution < 1.29 is 24.2 Å². The zero-order valence-electron chi connectivity index (χ0n) is 28.2. The van der Waals surface area contributed by atoms with E-state index in [1.165, 1.54) is 14.0 Å². The van der Waals surface area contributed by atoms with Gasteiger partial charge in [-0.05, 0) is 86.2 Å². The van der Waals surface area contributed by atoms with Gasteiger partial charge in [0.15, 0.2) is 5.78 Å². The first-order valence-corrected chi connectivity index (χ1v) is 15.4. The highest BCUT2D eigenvalue weighted by Gasteiger charge is 2.33. The summed E-state index contributed by atoms with van der Waals surface area (Å²) in [7, 11) is 2.52. The number of benzene rings is 3. The minimum Gasteiger partial charge on any atom is -0.496 e. The Kier molecular flexibility index (Phi) is 14.5. The largest absolute Gasteiger partial charge is 0.496 e. The van der Waals surface area contributed by atoms with E-state index in [-0.39, 0.29) is 30.4 Å². The zero-order chi connectivity index (χ0) is 34.6. The molecule has 0 aromatic heterocycles. The van der Waals surface area contributed by atoms with Crippen LogP contribution < -0.4 is 26.8 Å². The van der Waals surface area contributed by atoms with Crippen molar-refractivity contribution in [3.05, 3.63) is 106 Å². The van der Waals surface area contributed by atoms with Crippen molar-refractivity contribution in [3.63, 3.8) is 0 Å². The van der Waals surface area contributed by atoms with Crippen LogP contribution in [0.4, 0.5) is 0 Å². The third-order valence-electron chi connectivity index (χ3n) is 7.78. The number of ether oxygens (including phenoxy) is 1. The molecule has 0 bridgehead atoms. The number of nitrogens with two attached hydrogens (primary N) is 2. The first-order valence-electron chi connectivity index (χ1n) is 15.4. The lowest BCUT2D eigenvalue weighted by Gasteiger charge is -2.36. The molecule has 46 heavy (non-hydrogen) atoms. The van der Waals surface area contributed by atoms with E-state index in [4.69, 9.17) is 21.3 Å². The topological polar surface area (TPSA) is 160 Å². The average Bonchev–Trinajstić information content (AvgIpc) is 3.57. The normalized spacial score (nSPS) is 14.5. The minimum absolute atomic E-state index is 0.127. The van der Waals surface area contributed by atoms with Crippen molar-refractivity contribution in [3.8, 4) is 5.75 Å². The molecule has 2 amide bonds. The van der Waals surface area contributed by atoms with Crippen LogP contribution in [0.1, 0.15) is 76.2 Å². The van der Waals surface area contributed by atoms with Gasteiger partial charge in [-0.15, -0.1) is 0 Å². The van der Waals surface area contributed by atoms with E-state index in [1.807, 2.05) is 77.2 Å². The number of hydrogen-bond acceptors (Lipinski definition) is 8. The third kappa shape index (κ3) is 9.18. The van der Waals surface area contributed by atoms with Crippen LogP contribution >= 0.6 is 0 Å². The Morgan fingerprint density at radius 3 is 2.15 bits per heavy atom. The average molecular weight is 632 g/mol. The second kappa shape index (κ2) is 17.7. The maximum atomic E-state index is 14.1. The van der Waals surface area contributed by atoms with Crippen LogP contribution in [0, 0.1) is 13.8 Å². The number of carbonyl (C=O) groups excluding carboxylic acids is 3. The van der Waals surface area contributed by atoms with Gasteiger partial charge in [-0.2, -0.15) is 0 Å². The van der Waals surface area contributed by atoms with E-state index in [1.54, 1.807) is 29.2 Å². The predicted molar refractivity (Wildman–Crippen MR) is 183 cm³/mol. The number of aliphatic hydroxyl groups is 1. The van der Waals surface area contributed by atoms with Crippen LogP contribution in [0.3, 0.4) is 0 Å². The van der Waals surface area contributed by atoms with E-state index in [9.17, 15) is 14.4 Å². The maximum Gasteiger partial charge on any atom is 0.248 e. The molecule has 1 aliphatic rings. The van der Waals surface area contributed by atoms with Gasteiger partial charge in [-0.3, -0.25) is 14.4 Å². The van der Waals surface area contributed by atoms with Gasteiger partial charge in [0.2, 0.25) is 11.8 Å². The van der Waals surface area contributed by atoms with Crippen LogP contribution in [-0.2, 0) is 17.8 Å². The van der Waals surface area contributed by atoms with Crippen molar-refractivity contribution in [1.29, 1.82) is 0 Å².